The van der Waals surface area contributed by atoms with Gasteiger partial charge in [-0.15, -0.1) is 0 Å². The van der Waals surface area contributed by atoms with Crippen LogP contribution in [0.4, 0.5) is 8.78 Å². The van der Waals surface area contributed by atoms with Crippen LogP contribution in [0.25, 0.3) is 0 Å². The van der Waals surface area contributed by atoms with Gasteiger partial charge < -0.3 is 5.73 Å². The van der Waals surface area contributed by atoms with Crippen molar-refractivity contribution in [3.05, 3.63) is 71.3 Å². The number of halogens is 2. The Labute approximate surface area is 112 Å². The molecule has 1 nitrogen and oxygen atoms in total. The first kappa shape index (κ1) is 13.7. The second-order valence-corrected chi connectivity index (χ2v) is 4.69. The maximum atomic E-state index is 13.1. The van der Waals surface area contributed by atoms with Crippen LogP contribution in [-0.4, -0.2) is 0 Å². The number of rotatable bonds is 5. The molecule has 0 radical (unpaired) electrons. The van der Waals surface area contributed by atoms with Crippen LogP contribution in [0.2, 0.25) is 0 Å². The van der Waals surface area contributed by atoms with Crippen LogP contribution in [0.3, 0.4) is 0 Å². The van der Waals surface area contributed by atoms with E-state index in [1.54, 1.807) is 0 Å². The number of nitrogens with two attached hydrogens (primary N) is 1. The molecule has 1 unspecified atom stereocenters. The fraction of sp³-hybridized carbons (Fsp3) is 0.250. The second-order valence-electron chi connectivity index (χ2n) is 4.69. The van der Waals surface area contributed by atoms with Crippen LogP contribution < -0.4 is 5.73 Å². The van der Waals surface area contributed by atoms with Crippen molar-refractivity contribution in [3.63, 3.8) is 0 Å². The van der Waals surface area contributed by atoms with Gasteiger partial charge in [-0.2, -0.15) is 0 Å². The summed E-state index contributed by atoms with van der Waals surface area (Å²) < 4.78 is 26.2. The Morgan fingerprint density at radius 3 is 2.21 bits per heavy atom. The smallest absolute Gasteiger partial charge is 0.126 e. The number of hydrogen-bond acceptors (Lipinski definition) is 1. The van der Waals surface area contributed by atoms with E-state index >= 15 is 0 Å². The van der Waals surface area contributed by atoms with Crippen molar-refractivity contribution >= 4 is 0 Å². The molecule has 0 aliphatic rings. The second kappa shape index (κ2) is 6.43. The summed E-state index contributed by atoms with van der Waals surface area (Å²) in [6.07, 6.45) is 2.52. The zero-order valence-electron chi connectivity index (χ0n) is 10.7. The quantitative estimate of drug-likeness (QED) is 0.865. The van der Waals surface area contributed by atoms with Gasteiger partial charge in [0.15, 0.2) is 0 Å². The SMILES string of the molecule is NC(CCCc1ccccc1)c1cc(F)cc(F)c1. The molecule has 0 heterocycles. The predicted octanol–water partition coefficient (Wildman–Crippen LogP) is 3.99. The topological polar surface area (TPSA) is 26.0 Å². The van der Waals surface area contributed by atoms with Gasteiger partial charge in [0.25, 0.3) is 0 Å². The van der Waals surface area contributed by atoms with Gasteiger partial charge in [-0.1, -0.05) is 30.3 Å². The molecule has 1 atom stereocenters. The van der Waals surface area contributed by atoms with Gasteiger partial charge in [0.2, 0.25) is 0 Å². The fourth-order valence-electron chi connectivity index (χ4n) is 2.13. The summed E-state index contributed by atoms with van der Waals surface area (Å²) in [6, 6.07) is 13.2. The standard InChI is InChI=1S/C16H17F2N/c17-14-9-13(10-15(18)11-14)16(19)8-4-7-12-5-2-1-3-6-12/h1-3,5-6,9-11,16H,4,7-8,19H2. The molecule has 0 aliphatic carbocycles. The molecule has 0 aromatic heterocycles. The molecule has 0 aliphatic heterocycles. The lowest BCUT2D eigenvalue weighted by molar-refractivity contribution is 0.561. The highest BCUT2D eigenvalue weighted by Gasteiger charge is 2.09. The summed E-state index contributed by atoms with van der Waals surface area (Å²) in [5, 5.41) is 0. The number of aryl methyl sites for hydroxylation is 1. The molecule has 2 rings (SSSR count). The zero-order chi connectivity index (χ0) is 13.7. The Balaban J connectivity index is 1.89. The molecule has 0 bridgehead atoms. The lowest BCUT2D eigenvalue weighted by Crippen LogP contribution is -2.11. The molecule has 0 amide bonds. The molecular formula is C16H17F2N. The Kier molecular flexibility index (Phi) is 4.63. The summed E-state index contributed by atoms with van der Waals surface area (Å²) in [6.45, 7) is 0. The summed E-state index contributed by atoms with van der Waals surface area (Å²) in [5.41, 5.74) is 7.73. The number of hydrogen-bond donors (Lipinski definition) is 1. The average molecular weight is 261 g/mol. The third kappa shape index (κ3) is 4.14. The zero-order valence-corrected chi connectivity index (χ0v) is 10.7. The van der Waals surface area contributed by atoms with Crippen molar-refractivity contribution in [2.75, 3.05) is 0 Å². The first-order valence-corrected chi connectivity index (χ1v) is 6.40. The Hall–Kier alpha value is -1.74. The lowest BCUT2D eigenvalue weighted by Gasteiger charge is -2.12. The van der Waals surface area contributed by atoms with E-state index < -0.39 is 11.6 Å². The third-order valence-corrected chi connectivity index (χ3v) is 3.14. The molecule has 2 aromatic rings. The lowest BCUT2D eigenvalue weighted by atomic mass is 9.99. The van der Waals surface area contributed by atoms with Crippen molar-refractivity contribution in [1.82, 2.24) is 0 Å². The molecule has 0 saturated heterocycles. The first-order valence-electron chi connectivity index (χ1n) is 6.40. The van der Waals surface area contributed by atoms with E-state index in [9.17, 15) is 8.78 Å². The maximum Gasteiger partial charge on any atom is 0.126 e. The predicted molar refractivity (Wildman–Crippen MR) is 72.7 cm³/mol. The monoisotopic (exact) mass is 261 g/mol. The minimum atomic E-state index is -0.575. The van der Waals surface area contributed by atoms with E-state index in [1.807, 2.05) is 18.2 Å². The van der Waals surface area contributed by atoms with Gasteiger partial charge in [0, 0.05) is 12.1 Å². The average Bonchev–Trinajstić information content (AvgIpc) is 2.38. The molecule has 3 heteroatoms. The Morgan fingerprint density at radius 2 is 1.58 bits per heavy atom. The van der Waals surface area contributed by atoms with Gasteiger partial charge >= 0.3 is 0 Å². The van der Waals surface area contributed by atoms with Crippen LogP contribution in [0, 0.1) is 11.6 Å². The molecule has 100 valence electrons. The van der Waals surface area contributed by atoms with Crippen LogP contribution in [0.1, 0.15) is 30.0 Å². The van der Waals surface area contributed by atoms with E-state index in [4.69, 9.17) is 5.73 Å². The molecule has 0 spiro atoms. The molecular weight excluding hydrogens is 244 g/mol. The Morgan fingerprint density at radius 1 is 0.947 bits per heavy atom. The van der Waals surface area contributed by atoms with E-state index in [1.165, 1.54) is 17.7 Å². The van der Waals surface area contributed by atoms with Gasteiger partial charge in [0.1, 0.15) is 11.6 Å². The van der Waals surface area contributed by atoms with Gasteiger partial charge in [-0.05, 0) is 42.5 Å². The highest BCUT2D eigenvalue weighted by atomic mass is 19.1. The summed E-state index contributed by atoms with van der Waals surface area (Å²) in [7, 11) is 0. The highest BCUT2D eigenvalue weighted by Crippen LogP contribution is 2.19. The molecule has 2 aromatic carbocycles. The first-order chi connectivity index (χ1) is 9.15. The van der Waals surface area contributed by atoms with E-state index in [0.29, 0.717) is 12.0 Å². The van der Waals surface area contributed by atoms with Gasteiger partial charge in [-0.25, -0.2) is 8.78 Å². The van der Waals surface area contributed by atoms with Crippen molar-refractivity contribution < 1.29 is 8.78 Å². The van der Waals surface area contributed by atoms with Crippen LogP contribution in [-0.2, 0) is 6.42 Å². The third-order valence-electron chi connectivity index (χ3n) is 3.14. The van der Waals surface area contributed by atoms with Crippen molar-refractivity contribution in [1.29, 1.82) is 0 Å². The normalized spacial score (nSPS) is 12.4. The van der Waals surface area contributed by atoms with Crippen LogP contribution in [0.15, 0.2) is 48.5 Å². The van der Waals surface area contributed by atoms with Crippen molar-refractivity contribution in [3.8, 4) is 0 Å². The molecule has 0 fully saturated rings. The van der Waals surface area contributed by atoms with E-state index in [2.05, 4.69) is 12.1 Å². The summed E-state index contributed by atoms with van der Waals surface area (Å²) in [5.74, 6) is -1.15. The maximum absolute atomic E-state index is 13.1. The highest BCUT2D eigenvalue weighted by molar-refractivity contribution is 5.21. The van der Waals surface area contributed by atoms with E-state index in [0.717, 1.165) is 18.9 Å². The Bertz CT molecular complexity index is 505. The summed E-state index contributed by atoms with van der Waals surface area (Å²) >= 11 is 0. The summed E-state index contributed by atoms with van der Waals surface area (Å²) in [4.78, 5) is 0. The minimum Gasteiger partial charge on any atom is -0.324 e. The van der Waals surface area contributed by atoms with Crippen LogP contribution >= 0.6 is 0 Å². The van der Waals surface area contributed by atoms with Gasteiger partial charge in [-0.3, -0.25) is 0 Å². The van der Waals surface area contributed by atoms with Crippen molar-refractivity contribution in [2.24, 2.45) is 5.73 Å². The molecule has 19 heavy (non-hydrogen) atoms. The largest absolute Gasteiger partial charge is 0.324 e. The van der Waals surface area contributed by atoms with Crippen molar-refractivity contribution in [2.45, 2.75) is 25.3 Å². The van der Waals surface area contributed by atoms with Gasteiger partial charge in [0.05, 0.1) is 0 Å². The minimum absolute atomic E-state index is 0.325. The fourth-order valence-corrected chi connectivity index (χ4v) is 2.13. The molecule has 2 N–H and O–H groups in total. The number of benzene rings is 2. The molecule has 0 saturated carbocycles. The van der Waals surface area contributed by atoms with E-state index in [-0.39, 0.29) is 6.04 Å². The van der Waals surface area contributed by atoms with Crippen LogP contribution in [0.5, 0.6) is 0 Å².